The minimum absolute atomic E-state index is 0.0808. The number of nitrogens with one attached hydrogen (secondary N) is 4. The third-order valence-electron chi connectivity index (χ3n) is 6.82. The summed E-state index contributed by atoms with van der Waals surface area (Å²) >= 11 is 0. The van der Waals surface area contributed by atoms with E-state index < -0.39 is 72.1 Å². The molecule has 0 aromatic carbocycles. The summed E-state index contributed by atoms with van der Waals surface area (Å²) in [6.45, 7) is 12.7. The zero-order valence-corrected chi connectivity index (χ0v) is 26.5. The molecule has 14 nitrogen and oxygen atoms in total. The predicted octanol–water partition coefficient (Wildman–Crippen LogP) is 0.371. The van der Waals surface area contributed by atoms with E-state index >= 15 is 0 Å². The second-order valence-electron chi connectivity index (χ2n) is 12.1. The van der Waals surface area contributed by atoms with Crippen LogP contribution in [-0.4, -0.2) is 90.2 Å². The molecule has 1 unspecified atom stereocenters. The van der Waals surface area contributed by atoms with Crippen LogP contribution >= 0.6 is 0 Å². The van der Waals surface area contributed by atoms with Crippen molar-refractivity contribution >= 4 is 41.4 Å². The van der Waals surface area contributed by atoms with Crippen LogP contribution in [0.4, 0.5) is 4.79 Å². The molecule has 4 atom stereocenters. The van der Waals surface area contributed by atoms with Crippen LogP contribution in [0.25, 0.3) is 0 Å². The average molecular weight is 611 g/mol. The highest BCUT2D eigenvalue weighted by Gasteiger charge is 2.40. The molecule has 0 saturated carbocycles. The van der Waals surface area contributed by atoms with Gasteiger partial charge in [-0.2, -0.15) is 0 Å². The maximum Gasteiger partial charge on any atom is 0.407 e. The van der Waals surface area contributed by atoms with Crippen LogP contribution in [0.15, 0.2) is 0 Å². The summed E-state index contributed by atoms with van der Waals surface area (Å²) in [7, 11) is 0. The minimum Gasteiger partial charge on any atom is -0.449 e. The quantitative estimate of drug-likeness (QED) is 0.145. The number of ketones is 1. The van der Waals surface area contributed by atoms with E-state index in [-0.39, 0.29) is 37.3 Å². The largest absolute Gasteiger partial charge is 0.449 e. The Labute approximate surface area is 253 Å². The van der Waals surface area contributed by atoms with Crippen molar-refractivity contribution in [1.29, 1.82) is 0 Å². The normalized spacial score (nSPS) is 16.8. The number of amides is 6. The molecule has 244 valence electrons. The van der Waals surface area contributed by atoms with Crippen LogP contribution in [0.5, 0.6) is 0 Å². The van der Waals surface area contributed by atoms with E-state index in [0.717, 1.165) is 0 Å². The number of hydrogen-bond donors (Lipinski definition) is 5. The lowest BCUT2D eigenvalue weighted by Gasteiger charge is -2.31. The third-order valence-corrected chi connectivity index (χ3v) is 6.82. The fourth-order valence-electron chi connectivity index (χ4n) is 4.60. The molecular formula is C29H50N6O8. The first kappa shape index (κ1) is 37.3. The molecule has 6 N–H and O–H groups in total. The van der Waals surface area contributed by atoms with Crippen LogP contribution < -0.4 is 27.0 Å². The maximum atomic E-state index is 13.4. The molecule has 6 amide bonds. The van der Waals surface area contributed by atoms with Crippen molar-refractivity contribution in [2.24, 2.45) is 23.5 Å². The smallest absolute Gasteiger partial charge is 0.407 e. The van der Waals surface area contributed by atoms with Crippen LogP contribution in [0.1, 0.15) is 80.6 Å². The molecule has 1 aliphatic heterocycles. The molecule has 1 rings (SSSR count). The Kier molecular flexibility index (Phi) is 15.7. The zero-order valence-electron chi connectivity index (χ0n) is 26.5. The summed E-state index contributed by atoms with van der Waals surface area (Å²) in [5, 5.41) is 9.88. The van der Waals surface area contributed by atoms with Crippen molar-refractivity contribution in [3.05, 3.63) is 0 Å². The Balaban J connectivity index is 2.86. The Morgan fingerprint density at radius 2 is 1.56 bits per heavy atom. The number of likely N-dealkylation sites (tertiary alicyclic amines) is 1. The van der Waals surface area contributed by atoms with E-state index in [1.54, 1.807) is 20.8 Å². The number of alkyl carbamates (subject to hydrolysis) is 1. The Bertz CT molecular complexity index is 1010. The molecule has 0 aliphatic carbocycles. The molecule has 0 aromatic heterocycles. The van der Waals surface area contributed by atoms with Crippen molar-refractivity contribution in [2.45, 2.75) is 105 Å². The lowest BCUT2D eigenvalue weighted by molar-refractivity contribution is -0.143. The van der Waals surface area contributed by atoms with Gasteiger partial charge in [0.1, 0.15) is 18.1 Å². The number of hydrogen-bond acceptors (Lipinski definition) is 8. The summed E-state index contributed by atoms with van der Waals surface area (Å²) in [4.78, 5) is 89.8. The van der Waals surface area contributed by atoms with Crippen LogP contribution in [0.3, 0.4) is 0 Å². The van der Waals surface area contributed by atoms with E-state index in [1.807, 2.05) is 27.7 Å². The number of ether oxygens (including phenoxy) is 1. The number of primary amides is 1. The van der Waals surface area contributed by atoms with Crippen LogP contribution in [0, 0.1) is 17.8 Å². The number of carbonyl (C=O) groups is 7. The van der Waals surface area contributed by atoms with Gasteiger partial charge in [-0.15, -0.1) is 0 Å². The second kappa shape index (κ2) is 18.1. The molecule has 1 fully saturated rings. The minimum atomic E-state index is -1.18. The van der Waals surface area contributed by atoms with Gasteiger partial charge in [0.15, 0.2) is 0 Å². The molecular weight excluding hydrogens is 560 g/mol. The van der Waals surface area contributed by atoms with Gasteiger partial charge in [0.25, 0.3) is 5.91 Å². The second-order valence-corrected chi connectivity index (χ2v) is 12.1. The van der Waals surface area contributed by atoms with E-state index in [4.69, 9.17) is 10.5 Å². The molecule has 14 heteroatoms. The predicted molar refractivity (Wildman–Crippen MR) is 158 cm³/mol. The Morgan fingerprint density at radius 1 is 0.907 bits per heavy atom. The fourth-order valence-corrected chi connectivity index (χ4v) is 4.60. The SMILES string of the molecule is CCCC(NC(=O)[C@@H]1CCCN1C(=O)[C@@H](NC(=O)OCC(C)C)C(C)C)C(=O)C(=O)NCC(=O)N[C@@H](CC(C)C)C(N)=O. The van der Waals surface area contributed by atoms with E-state index in [0.29, 0.717) is 25.7 Å². The molecule has 1 heterocycles. The number of nitrogens with zero attached hydrogens (tertiary/aromatic N) is 1. The van der Waals surface area contributed by atoms with Crippen molar-refractivity contribution in [3.8, 4) is 0 Å². The van der Waals surface area contributed by atoms with Gasteiger partial charge in [0, 0.05) is 6.54 Å². The molecule has 1 saturated heterocycles. The van der Waals surface area contributed by atoms with Crippen LogP contribution in [-0.2, 0) is 33.5 Å². The molecule has 1 aliphatic rings. The number of nitrogens with two attached hydrogens (primary N) is 1. The summed E-state index contributed by atoms with van der Waals surface area (Å²) in [6.07, 6.45) is 1.09. The monoisotopic (exact) mass is 610 g/mol. The molecule has 0 bridgehead atoms. The Hall–Kier alpha value is -3.71. The first-order valence-electron chi connectivity index (χ1n) is 15.0. The average Bonchev–Trinajstić information content (AvgIpc) is 3.42. The van der Waals surface area contributed by atoms with Gasteiger partial charge in [0.05, 0.1) is 19.2 Å². The number of rotatable bonds is 17. The van der Waals surface area contributed by atoms with Gasteiger partial charge in [0.2, 0.25) is 29.4 Å². The topological polar surface area (TPSA) is 206 Å². The maximum absolute atomic E-state index is 13.4. The van der Waals surface area contributed by atoms with E-state index in [2.05, 4.69) is 21.3 Å². The standard InChI is InChI=1S/C29H50N6O8/c1-8-10-19(24(37)27(40)31-14-22(36)32-20(25(30)38)13-16(2)3)33-26(39)21-11-9-12-35(21)28(41)23(18(6)7)34-29(42)43-15-17(4)5/h16-21,23H,8-15H2,1-7H3,(H2,30,38)(H,31,40)(H,32,36)(H,33,39)(H,34,42)/t19?,20-,21-,23-/m0/s1. The Morgan fingerprint density at radius 3 is 2.09 bits per heavy atom. The number of carbonyl (C=O) groups excluding carboxylic acids is 7. The molecule has 43 heavy (non-hydrogen) atoms. The van der Waals surface area contributed by atoms with E-state index in [9.17, 15) is 33.6 Å². The van der Waals surface area contributed by atoms with Crippen molar-refractivity contribution < 1.29 is 38.3 Å². The first-order valence-corrected chi connectivity index (χ1v) is 15.0. The van der Waals surface area contributed by atoms with Gasteiger partial charge >= 0.3 is 6.09 Å². The van der Waals surface area contributed by atoms with Gasteiger partial charge in [-0.1, -0.05) is 54.9 Å². The summed E-state index contributed by atoms with van der Waals surface area (Å²) in [6, 6.07) is -3.91. The van der Waals surface area contributed by atoms with Gasteiger partial charge in [-0.25, -0.2) is 4.79 Å². The van der Waals surface area contributed by atoms with Crippen molar-refractivity contribution in [1.82, 2.24) is 26.2 Å². The van der Waals surface area contributed by atoms with Gasteiger partial charge in [-0.05, 0) is 43.4 Å². The summed E-state index contributed by atoms with van der Waals surface area (Å²) < 4.78 is 5.16. The lowest BCUT2D eigenvalue weighted by Crippen LogP contribution is -2.57. The van der Waals surface area contributed by atoms with Gasteiger partial charge in [-0.3, -0.25) is 28.8 Å². The summed E-state index contributed by atoms with van der Waals surface area (Å²) in [5.41, 5.74) is 5.33. The zero-order chi connectivity index (χ0) is 32.9. The molecule has 0 spiro atoms. The lowest BCUT2D eigenvalue weighted by atomic mass is 10.0. The third kappa shape index (κ3) is 12.6. The first-order chi connectivity index (χ1) is 20.1. The van der Waals surface area contributed by atoms with Crippen LogP contribution in [0.2, 0.25) is 0 Å². The molecule has 0 radical (unpaired) electrons. The number of Topliss-reactive ketones (excluding diaryl/α,β-unsaturated/α-hetero) is 1. The van der Waals surface area contributed by atoms with Crippen molar-refractivity contribution in [2.75, 3.05) is 19.7 Å². The highest BCUT2D eigenvalue weighted by Crippen LogP contribution is 2.21. The highest BCUT2D eigenvalue weighted by molar-refractivity contribution is 6.38. The van der Waals surface area contributed by atoms with Crippen molar-refractivity contribution in [3.63, 3.8) is 0 Å². The summed E-state index contributed by atoms with van der Waals surface area (Å²) in [5.74, 6) is -4.54. The highest BCUT2D eigenvalue weighted by atomic mass is 16.5. The van der Waals surface area contributed by atoms with E-state index in [1.165, 1.54) is 4.90 Å². The fraction of sp³-hybridized carbons (Fsp3) is 0.759. The van der Waals surface area contributed by atoms with Gasteiger partial charge < -0.3 is 36.6 Å². The molecule has 0 aromatic rings.